The molecule has 1 N–H and O–H groups in total. The molecule has 0 radical (unpaired) electrons. The molecule has 112 valence electrons. The molecule has 0 bridgehead atoms. The van der Waals surface area contributed by atoms with Crippen LogP contribution in [0.2, 0.25) is 0 Å². The average molecular weight is 302 g/mol. The van der Waals surface area contributed by atoms with E-state index in [9.17, 15) is 4.79 Å². The van der Waals surface area contributed by atoms with E-state index in [0.29, 0.717) is 13.0 Å². The Balaban J connectivity index is 1.83. The molecule has 0 unspecified atom stereocenters. The zero-order chi connectivity index (χ0) is 15.6. The topological polar surface area (TPSA) is 45.9 Å². The Morgan fingerprint density at radius 3 is 2.43 bits per heavy atom. The number of hydrogen-bond acceptors (Lipinski definition) is 3. The quantitative estimate of drug-likeness (QED) is 0.757. The lowest BCUT2D eigenvalue weighted by molar-refractivity contribution is -0.551. The van der Waals surface area contributed by atoms with E-state index >= 15 is 0 Å². The molecule has 4 heteroatoms. The molecule has 2 heterocycles. The van der Waals surface area contributed by atoms with Gasteiger partial charge in [-0.3, -0.25) is 5.32 Å². The Labute approximate surface area is 134 Å². The molecule has 0 fully saturated rings. The highest BCUT2D eigenvalue weighted by molar-refractivity contribution is 5.78. The Bertz CT molecular complexity index is 861. The predicted octanol–water partition coefficient (Wildman–Crippen LogP) is 2.69. The van der Waals surface area contributed by atoms with Gasteiger partial charge in [0.1, 0.15) is 17.6 Å². The van der Waals surface area contributed by atoms with Gasteiger partial charge in [0.15, 0.2) is 6.54 Å². The number of anilines is 1. The van der Waals surface area contributed by atoms with E-state index in [2.05, 4.69) is 17.4 Å². The van der Waals surface area contributed by atoms with E-state index in [1.165, 1.54) is 5.56 Å². The minimum Gasteiger partial charge on any atom is -0.261 e. The third-order valence-corrected chi connectivity index (χ3v) is 3.98. The maximum atomic E-state index is 12.1. The van der Waals surface area contributed by atoms with Crippen molar-refractivity contribution in [2.24, 2.45) is 0 Å². The van der Waals surface area contributed by atoms with Crippen molar-refractivity contribution in [3.8, 4) is 11.3 Å². The number of carbonyl (C=O) groups is 1. The van der Waals surface area contributed by atoms with Crippen LogP contribution in [0.5, 0.6) is 0 Å². The summed E-state index contributed by atoms with van der Waals surface area (Å²) in [7, 11) is 0. The highest BCUT2D eigenvalue weighted by Gasteiger charge is 2.31. The first kappa shape index (κ1) is 13.6. The van der Waals surface area contributed by atoms with Gasteiger partial charge in [0, 0.05) is 12.0 Å². The lowest BCUT2D eigenvalue weighted by atomic mass is 10.1. The van der Waals surface area contributed by atoms with E-state index < -0.39 is 0 Å². The first-order valence-electron chi connectivity index (χ1n) is 7.63. The number of aromatic nitrogens is 2. The fraction of sp³-hybridized carbons (Fsp3) is 0.105. The molecular weight excluding hydrogens is 286 g/mol. The highest BCUT2D eigenvalue weighted by atomic mass is 16.2. The lowest BCUT2D eigenvalue weighted by Crippen LogP contribution is -2.40. The van der Waals surface area contributed by atoms with E-state index in [4.69, 9.17) is 4.98 Å². The van der Waals surface area contributed by atoms with Crippen LogP contribution in [0.4, 0.5) is 5.82 Å². The van der Waals surface area contributed by atoms with Gasteiger partial charge in [0.25, 0.3) is 0 Å². The van der Waals surface area contributed by atoms with Crippen LogP contribution in [0.1, 0.15) is 16.1 Å². The minimum absolute atomic E-state index is 0.0499. The third kappa shape index (κ3) is 2.59. The van der Waals surface area contributed by atoms with Crippen molar-refractivity contribution in [2.45, 2.75) is 6.42 Å². The highest BCUT2D eigenvalue weighted by Crippen LogP contribution is 2.22. The molecule has 0 amide bonds. The molecule has 0 aliphatic carbocycles. The molecule has 1 aliphatic heterocycles. The number of nitrogens with one attached hydrogen (secondary N) is 1. The van der Waals surface area contributed by atoms with Gasteiger partial charge < -0.3 is 0 Å². The van der Waals surface area contributed by atoms with E-state index in [1.54, 1.807) is 4.57 Å². The van der Waals surface area contributed by atoms with Gasteiger partial charge in [-0.1, -0.05) is 60.7 Å². The second-order valence-electron chi connectivity index (χ2n) is 5.57. The Kier molecular flexibility index (Phi) is 3.35. The zero-order valence-corrected chi connectivity index (χ0v) is 12.6. The zero-order valence-electron chi connectivity index (χ0n) is 12.6. The molecule has 1 aromatic heterocycles. The van der Waals surface area contributed by atoms with Gasteiger partial charge in [0.2, 0.25) is 0 Å². The van der Waals surface area contributed by atoms with Crippen LogP contribution in [0, 0.1) is 0 Å². The normalized spacial score (nSPS) is 12.8. The average Bonchev–Trinajstić information content (AvgIpc) is 2.98. The van der Waals surface area contributed by atoms with Crippen molar-refractivity contribution in [1.82, 2.24) is 4.98 Å². The molecular formula is C19H16N3O+. The van der Waals surface area contributed by atoms with Gasteiger partial charge in [0.05, 0.1) is 0 Å². The summed E-state index contributed by atoms with van der Waals surface area (Å²) < 4.78 is 1.69. The van der Waals surface area contributed by atoms with Crippen molar-refractivity contribution < 1.29 is 9.36 Å². The summed E-state index contributed by atoms with van der Waals surface area (Å²) >= 11 is 0. The molecule has 0 spiro atoms. The van der Waals surface area contributed by atoms with Crippen molar-refractivity contribution in [3.05, 3.63) is 78.1 Å². The largest absolute Gasteiger partial charge is 0.355 e. The number of rotatable bonds is 3. The molecule has 23 heavy (non-hydrogen) atoms. The Morgan fingerprint density at radius 1 is 1.00 bits per heavy atom. The Morgan fingerprint density at radius 2 is 1.70 bits per heavy atom. The standard InChI is InChI=1S/C19H15N3O/c23-18-12-20-19-16(11-14-7-3-1-4-8-14)21-17(13-22(18)19)15-9-5-2-6-10-15/h1-10,13H,11-12H2/p+1. The minimum atomic E-state index is 0.0499. The van der Waals surface area contributed by atoms with Crippen molar-refractivity contribution >= 4 is 11.7 Å². The predicted molar refractivity (Wildman–Crippen MR) is 88.2 cm³/mol. The number of benzene rings is 2. The summed E-state index contributed by atoms with van der Waals surface area (Å²) in [5.74, 6) is 0.854. The summed E-state index contributed by atoms with van der Waals surface area (Å²) in [4.78, 5) is 16.9. The first-order chi connectivity index (χ1) is 11.3. The molecule has 4 nitrogen and oxygen atoms in total. The van der Waals surface area contributed by atoms with Gasteiger partial charge in [-0.2, -0.15) is 4.57 Å². The first-order valence-corrected chi connectivity index (χ1v) is 7.63. The van der Waals surface area contributed by atoms with Crippen molar-refractivity contribution in [2.75, 3.05) is 11.9 Å². The second kappa shape index (κ2) is 5.65. The van der Waals surface area contributed by atoms with Crippen LogP contribution in [0.15, 0.2) is 66.9 Å². The van der Waals surface area contributed by atoms with Gasteiger partial charge in [-0.25, -0.2) is 9.78 Å². The maximum Gasteiger partial charge on any atom is 0.355 e. The van der Waals surface area contributed by atoms with Crippen LogP contribution < -0.4 is 9.88 Å². The molecule has 1 aliphatic rings. The number of fused-ring (bicyclic) bond motifs is 1. The van der Waals surface area contributed by atoms with Crippen LogP contribution in [0.3, 0.4) is 0 Å². The molecule has 0 atom stereocenters. The summed E-state index contributed by atoms with van der Waals surface area (Å²) in [6.07, 6.45) is 2.51. The van der Waals surface area contributed by atoms with Gasteiger partial charge in [-0.05, 0) is 5.56 Å². The fourth-order valence-corrected chi connectivity index (χ4v) is 2.84. The molecule has 3 aromatic rings. The summed E-state index contributed by atoms with van der Waals surface area (Å²) in [6.45, 7) is 0.321. The van der Waals surface area contributed by atoms with E-state index in [0.717, 1.165) is 22.8 Å². The van der Waals surface area contributed by atoms with Crippen molar-refractivity contribution in [1.29, 1.82) is 0 Å². The van der Waals surface area contributed by atoms with Crippen LogP contribution in [-0.4, -0.2) is 17.4 Å². The van der Waals surface area contributed by atoms with E-state index in [1.807, 2.05) is 54.7 Å². The lowest BCUT2D eigenvalue weighted by Gasteiger charge is -2.07. The van der Waals surface area contributed by atoms with Gasteiger partial charge in [-0.15, -0.1) is 0 Å². The fourth-order valence-electron chi connectivity index (χ4n) is 2.84. The summed E-state index contributed by atoms with van der Waals surface area (Å²) in [5, 5.41) is 3.17. The monoisotopic (exact) mass is 302 g/mol. The SMILES string of the molecule is O=C1CNc2c(Cc3ccccc3)nc(-c3ccccc3)c[n+]21. The van der Waals surface area contributed by atoms with Crippen LogP contribution >= 0.6 is 0 Å². The number of carbonyl (C=O) groups excluding carboxylic acids is 1. The van der Waals surface area contributed by atoms with E-state index in [-0.39, 0.29) is 5.91 Å². The smallest absolute Gasteiger partial charge is 0.261 e. The molecule has 4 rings (SSSR count). The summed E-state index contributed by atoms with van der Waals surface area (Å²) in [6, 6.07) is 20.1. The maximum absolute atomic E-state index is 12.1. The molecule has 0 saturated heterocycles. The van der Waals surface area contributed by atoms with Crippen molar-refractivity contribution in [3.63, 3.8) is 0 Å². The van der Waals surface area contributed by atoms with Gasteiger partial charge >= 0.3 is 11.7 Å². The third-order valence-electron chi connectivity index (χ3n) is 3.98. The number of nitrogens with zero attached hydrogens (tertiary/aromatic N) is 2. The Hall–Kier alpha value is -3.01. The molecule has 2 aromatic carbocycles. The second-order valence-corrected chi connectivity index (χ2v) is 5.57. The summed E-state index contributed by atoms with van der Waals surface area (Å²) in [5.41, 5.74) is 3.90. The number of hydrogen-bond donors (Lipinski definition) is 1. The van der Waals surface area contributed by atoms with Crippen LogP contribution in [0.25, 0.3) is 11.3 Å². The van der Waals surface area contributed by atoms with Crippen LogP contribution in [-0.2, 0) is 6.42 Å². The molecule has 0 saturated carbocycles.